The largest absolute Gasteiger partial charge is 0.478 e. The highest BCUT2D eigenvalue weighted by molar-refractivity contribution is 6.33. The molecule has 1 aromatic rings. The number of benzene rings is 1. The minimum atomic E-state index is -1.08. The summed E-state index contributed by atoms with van der Waals surface area (Å²) < 4.78 is 0. The van der Waals surface area contributed by atoms with Gasteiger partial charge in [-0.15, -0.1) is 6.58 Å². The second-order valence-electron chi connectivity index (χ2n) is 2.77. The fourth-order valence-corrected chi connectivity index (χ4v) is 1.43. The zero-order chi connectivity index (χ0) is 10.7. The molecule has 0 aliphatic heterocycles. The lowest BCUT2D eigenvalue weighted by molar-refractivity contribution is 0.0695. The number of carboxylic acids is 1. The number of carbonyl (C=O) groups is 1. The Bertz CT molecular complexity index is 376. The summed E-state index contributed by atoms with van der Waals surface area (Å²) in [4.78, 5) is 10.9. The molecule has 0 aliphatic rings. The molecular weight excluding hydrogens is 202 g/mol. The first-order chi connectivity index (χ1) is 6.57. The van der Waals surface area contributed by atoms with Gasteiger partial charge in [-0.25, -0.2) is 4.79 Å². The van der Waals surface area contributed by atoms with Crippen LogP contribution in [0.3, 0.4) is 0 Å². The van der Waals surface area contributed by atoms with Gasteiger partial charge < -0.3 is 10.8 Å². The molecule has 0 unspecified atom stereocenters. The van der Waals surface area contributed by atoms with Gasteiger partial charge in [0.15, 0.2) is 0 Å². The molecule has 0 aliphatic carbocycles. The maximum Gasteiger partial charge on any atom is 0.337 e. The molecule has 0 saturated heterocycles. The monoisotopic (exact) mass is 211 g/mol. The third-order valence-corrected chi connectivity index (χ3v) is 2.19. The Hall–Kier alpha value is -1.32. The minimum absolute atomic E-state index is 0.0431. The standard InChI is InChI=1S/C10H10ClNO2/c1-2-8(12)6-4-3-5-7(11)9(6)10(13)14/h2-5,8H,1,12H2,(H,13,14)/t8-/m0/s1. The van der Waals surface area contributed by atoms with Crippen molar-refractivity contribution in [3.8, 4) is 0 Å². The Morgan fingerprint density at radius 1 is 1.64 bits per heavy atom. The van der Waals surface area contributed by atoms with Crippen LogP contribution in [0.25, 0.3) is 0 Å². The number of carboxylic acid groups (broad SMARTS) is 1. The molecule has 1 atom stereocenters. The van der Waals surface area contributed by atoms with Gasteiger partial charge in [-0.3, -0.25) is 0 Å². The summed E-state index contributed by atoms with van der Waals surface area (Å²) in [6.45, 7) is 3.51. The van der Waals surface area contributed by atoms with E-state index in [2.05, 4.69) is 6.58 Å². The zero-order valence-electron chi connectivity index (χ0n) is 7.40. The summed E-state index contributed by atoms with van der Waals surface area (Å²) in [6.07, 6.45) is 1.47. The highest BCUT2D eigenvalue weighted by Crippen LogP contribution is 2.24. The normalized spacial score (nSPS) is 12.1. The first kappa shape index (κ1) is 10.8. The van der Waals surface area contributed by atoms with E-state index in [0.29, 0.717) is 5.56 Å². The minimum Gasteiger partial charge on any atom is -0.478 e. The van der Waals surface area contributed by atoms with Crippen LogP contribution < -0.4 is 5.73 Å². The van der Waals surface area contributed by atoms with E-state index in [4.69, 9.17) is 22.4 Å². The Morgan fingerprint density at radius 2 is 2.29 bits per heavy atom. The predicted molar refractivity (Wildman–Crippen MR) is 55.5 cm³/mol. The van der Waals surface area contributed by atoms with Gasteiger partial charge in [0.2, 0.25) is 0 Å². The lowest BCUT2D eigenvalue weighted by Gasteiger charge is -2.11. The number of hydrogen-bond donors (Lipinski definition) is 2. The lowest BCUT2D eigenvalue weighted by Crippen LogP contribution is -2.13. The quantitative estimate of drug-likeness (QED) is 0.754. The number of hydrogen-bond acceptors (Lipinski definition) is 2. The molecule has 3 nitrogen and oxygen atoms in total. The highest BCUT2D eigenvalue weighted by atomic mass is 35.5. The van der Waals surface area contributed by atoms with E-state index in [1.165, 1.54) is 12.1 Å². The van der Waals surface area contributed by atoms with Crippen molar-refractivity contribution in [2.75, 3.05) is 0 Å². The Balaban J connectivity index is 3.35. The molecule has 1 rings (SSSR count). The van der Waals surface area contributed by atoms with Gasteiger partial charge in [-0.1, -0.05) is 29.8 Å². The topological polar surface area (TPSA) is 63.3 Å². The molecule has 0 amide bonds. The molecule has 0 heterocycles. The fraction of sp³-hybridized carbons (Fsp3) is 0.100. The van der Waals surface area contributed by atoms with Gasteiger partial charge in [0.05, 0.1) is 10.6 Å². The van der Waals surface area contributed by atoms with Crippen molar-refractivity contribution in [2.24, 2.45) is 5.73 Å². The van der Waals surface area contributed by atoms with Gasteiger partial charge in [0.1, 0.15) is 0 Å². The molecule has 1 aromatic carbocycles. The molecule has 0 fully saturated rings. The number of nitrogens with two attached hydrogens (primary N) is 1. The molecule has 74 valence electrons. The summed E-state index contributed by atoms with van der Waals surface area (Å²) in [5, 5.41) is 9.10. The van der Waals surface area contributed by atoms with Crippen LogP contribution in [0.4, 0.5) is 0 Å². The van der Waals surface area contributed by atoms with Crippen LogP contribution in [0, 0.1) is 0 Å². The molecule has 3 N–H and O–H groups in total. The third kappa shape index (κ3) is 1.95. The highest BCUT2D eigenvalue weighted by Gasteiger charge is 2.16. The number of halogens is 1. The van der Waals surface area contributed by atoms with Crippen LogP contribution in [0.5, 0.6) is 0 Å². The SMILES string of the molecule is C=C[C@H](N)c1cccc(Cl)c1C(=O)O. The van der Waals surface area contributed by atoms with Gasteiger partial charge in [0, 0.05) is 6.04 Å². The van der Waals surface area contributed by atoms with Crippen LogP contribution in [-0.2, 0) is 0 Å². The smallest absolute Gasteiger partial charge is 0.337 e. The average Bonchev–Trinajstić information content (AvgIpc) is 2.15. The predicted octanol–water partition coefficient (Wildman–Crippen LogP) is 2.22. The molecule has 14 heavy (non-hydrogen) atoms. The molecule has 0 radical (unpaired) electrons. The van der Waals surface area contributed by atoms with Gasteiger partial charge in [0.25, 0.3) is 0 Å². The Kier molecular flexibility index (Phi) is 3.28. The Morgan fingerprint density at radius 3 is 2.79 bits per heavy atom. The summed E-state index contributed by atoms with van der Waals surface area (Å²) in [7, 11) is 0. The van der Waals surface area contributed by atoms with Gasteiger partial charge in [-0.2, -0.15) is 0 Å². The van der Waals surface area contributed by atoms with Gasteiger partial charge in [-0.05, 0) is 11.6 Å². The first-order valence-electron chi connectivity index (χ1n) is 3.97. The van der Waals surface area contributed by atoms with Crippen molar-refractivity contribution >= 4 is 17.6 Å². The molecule has 0 bridgehead atoms. The van der Waals surface area contributed by atoms with Crippen molar-refractivity contribution in [2.45, 2.75) is 6.04 Å². The summed E-state index contributed by atoms with van der Waals surface area (Å²) >= 11 is 5.75. The molecule has 0 saturated carbocycles. The molecule has 0 aromatic heterocycles. The van der Waals surface area contributed by atoms with Crippen molar-refractivity contribution in [1.82, 2.24) is 0 Å². The molecular formula is C10H10ClNO2. The molecule has 4 heteroatoms. The van der Waals surface area contributed by atoms with Crippen molar-refractivity contribution < 1.29 is 9.90 Å². The lowest BCUT2D eigenvalue weighted by atomic mass is 10.0. The van der Waals surface area contributed by atoms with E-state index in [1.54, 1.807) is 12.1 Å². The van der Waals surface area contributed by atoms with Crippen molar-refractivity contribution in [3.05, 3.63) is 47.0 Å². The maximum absolute atomic E-state index is 10.9. The summed E-state index contributed by atoms with van der Waals surface area (Å²) in [5.74, 6) is -1.08. The molecule has 0 spiro atoms. The van der Waals surface area contributed by atoms with E-state index in [-0.39, 0.29) is 10.6 Å². The van der Waals surface area contributed by atoms with Crippen LogP contribution in [0.1, 0.15) is 22.0 Å². The van der Waals surface area contributed by atoms with Crippen molar-refractivity contribution in [3.63, 3.8) is 0 Å². The van der Waals surface area contributed by atoms with Gasteiger partial charge >= 0.3 is 5.97 Å². The number of rotatable bonds is 3. The fourth-order valence-electron chi connectivity index (χ4n) is 1.17. The van der Waals surface area contributed by atoms with E-state index < -0.39 is 12.0 Å². The summed E-state index contributed by atoms with van der Waals surface area (Å²) in [5.41, 5.74) is 6.18. The zero-order valence-corrected chi connectivity index (χ0v) is 8.16. The van der Waals surface area contributed by atoms with E-state index in [1.807, 2.05) is 0 Å². The maximum atomic E-state index is 10.9. The van der Waals surface area contributed by atoms with E-state index in [0.717, 1.165) is 0 Å². The summed E-state index contributed by atoms with van der Waals surface area (Å²) in [6, 6.07) is 4.29. The van der Waals surface area contributed by atoms with Crippen molar-refractivity contribution in [1.29, 1.82) is 0 Å². The van der Waals surface area contributed by atoms with Crippen LogP contribution in [0.15, 0.2) is 30.9 Å². The van der Waals surface area contributed by atoms with E-state index >= 15 is 0 Å². The average molecular weight is 212 g/mol. The van der Waals surface area contributed by atoms with Crippen LogP contribution >= 0.6 is 11.6 Å². The first-order valence-corrected chi connectivity index (χ1v) is 4.35. The van der Waals surface area contributed by atoms with Crippen LogP contribution in [-0.4, -0.2) is 11.1 Å². The third-order valence-electron chi connectivity index (χ3n) is 1.87. The second-order valence-corrected chi connectivity index (χ2v) is 3.18. The Labute approximate surface area is 86.8 Å². The van der Waals surface area contributed by atoms with E-state index in [9.17, 15) is 4.79 Å². The van der Waals surface area contributed by atoms with Crippen LogP contribution in [0.2, 0.25) is 5.02 Å². The number of aromatic carboxylic acids is 1. The second kappa shape index (κ2) is 4.26.